The van der Waals surface area contributed by atoms with Gasteiger partial charge in [-0.2, -0.15) is 9.61 Å². The van der Waals surface area contributed by atoms with Crippen LogP contribution in [0.2, 0.25) is 5.02 Å². The lowest BCUT2D eigenvalue weighted by atomic mass is 9.96. The van der Waals surface area contributed by atoms with Crippen molar-refractivity contribution in [2.45, 2.75) is 73.1 Å². The Balaban J connectivity index is 1.82. The van der Waals surface area contributed by atoms with Crippen LogP contribution in [0.25, 0.3) is 5.52 Å². The first kappa shape index (κ1) is 33.7. The minimum atomic E-state index is -0.654. The number of ether oxygens (including phenoxy) is 1. The molecule has 45 heavy (non-hydrogen) atoms. The minimum Gasteiger partial charge on any atom is -0.444 e. The maximum Gasteiger partial charge on any atom is 0.407 e. The van der Waals surface area contributed by atoms with Gasteiger partial charge in [0.25, 0.3) is 5.91 Å². The zero-order valence-corrected chi connectivity index (χ0v) is 27.6. The maximum absolute atomic E-state index is 14.7. The molecule has 1 N–H and O–H groups in total. The first-order chi connectivity index (χ1) is 21.2. The molecule has 0 aliphatic rings. The van der Waals surface area contributed by atoms with Gasteiger partial charge in [0.2, 0.25) is 0 Å². The summed E-state index contributed by atoms with van der Waals surface area (Å²) in [5.74, 6) is -1.08. The Bertz CT molecular complexity index is 1740. The largest absolute Gasteiger partial charge is 0.444 e. The number of hydrogen-bond acceptors (Lipinski definition) is 5. The van der Waals surface area contributed by atoms with E-state index in [4.69, 9.17) is 16.3 Å². The van der Waals surface area contributed by atoms with Crippen LogP contribution in [0, 0.1) is 25.6 Å². The van der Waals surface area contributed by atoms with Crippen LogP contribution in [0.4, 0.5) is 9.18 Å². The molecule has 0 spiro atoms. The number of halogens is 2. The molecule has 2 amide bonds. The maximum atomic E-state index is 14.7. The molecule has 0 saturated heterocycles. The Morgan fingerprint density at radius 3 is 2.40 bits per heavy atom. The highest BCUT2D eigenvalue weighted by molar-refractivity contribution is 6.34. The summed E-state index contributed by atoms with van der Waals surface area (Å²) in [6.07, 6.45) is -0.186. The molecule has 9 nitrogen and oxygen atoms in total. The number of carbonyl (C=O) groups excluding carboxylic acids is 2. The quantitative estimate of drug-likeness (QED) is 0.195. The van der Waals surface area contributed by atoms with Gasteiger partial charge in [-0.15, -0.1) is 0 Å². The van der Waals surface area contributed by atoms with Gasteiger partial charge in [0.1, 0.15) is 11.4 Å². The van der Waals surface area contributed by atoms with Gasteiger partial charge in [-0.05, 0) is 76.3 Å². The van der Waals surface area contributed by atoms with Gasteiger partial charge in [-0.25, -0.2) is 14.0 Å². The number of aromatic nitrogens is 3. The predicted molar refractivity (Wildman–Crippen MR) is 173 cm³/mol. The normalized spacial score (nSPS) is 12.4. The fraction of sp³-hybridized carbons (Fsp3) is 0.412. The summed E-state index contributed by atoms with van der Waals surface area (Å²) in [6.45, 7) is 13.3. The Morgan fingerprint density at radius 1 is 1.09 bits per heavy atom. The highest BCUT2D eigenvalue weighted by Crippen LogP contribution is 2.33. The van der Waals surface area contributed by atoms with Gasteiger partial charge in [0.05, 0.1) is 28.8 Å². The molecular formula is C34H41ClFN5O4. The predicted octanol–water partition coefficient (Wildman–Crippen LogP) is 6.71. The van der Waals surface area contributed by atoms with Crippen molar-refractivity contribution in [1.29, 1.82) is 0 Å². The Kier molecular flexibility index (Phi) is 10.4. The number of benzene rings is 2. The van der Waals surface area contributed by atoms with Crippen molar-refractivity contribution in [1.82, 2.24) is 24.4 Å². The lowest BCUT2D eigenvalue weighted by molar-refractivity contribution is 0.0520. The van der Waals surface area contributed by atoms with Crippen molar-refractivity contribution in [2.24, 2.45) is 5.92 Å². The van der Waals surface area contributed by atoms with Gasteiger partial charge in [0.15, 0.2) is 0 Å². The molecule has 0 saturated carbocycles. The first-order valence-electron chi connectivity index (χ1n) is 15.0. The molecule has 2 heterocycles. The van der Waals surface area contributed by atoms with Crippen molar-refractivity contribution >= 4 is 29.1 Å². The molecule has 11 heteroatoms. The standard InChI is InChI=1S/C34H41ClFN5O4/c1-21(2)30(28-19-27-29(35)23(4)38-41(27)33(44)40(28)20-24-12-9-8-10-13-24)39(17-11-16-37-32(43)45-34(5,6)7)31(42)25-15-14-22(3)26(36)18-25/h8-10,12-15,18-19,21,30H,11,16-17,20H2,1-7H3,(H,37,43). The lowest BCUT2D eigenvalue weighted by Gasteiger charge is -2.36. The number of rotatable bonds is 10. The number of alkyl carbamates (subject to hydrolysis) is 1. The number of nitrogens with one attached hydrogen (secondary N) is 1. The van der Waals surface area contributed by atoms with E-state index in [1.165, 1.54) is 10.6 Å². The molecule has 240 valence electrons. The van der Waals surface area contributed by atoms with Crippen LogP contribution >= 0.6 is 11.6 Å². The highest BCUT2D eigenvalue weighted by atomic mass is 35.5. The van der Waals surface area contributed by atoms with Crippen LogP contribution in [0.3, 0.4) is 0 Å². The molecule has 0 aliphatic carbocycles. The summed E-state index contributed by atoms with van der Waals surface area (Å²) in [5.41, 5.74) is 1.95. The summed E-state index contributed by atoms with van der Waals surface area (Å²) >= 11 is 6.62. The van der Waals surface area contributed by atoms with E-state index in [1.54, 1.807) is 56.2 Å². The highest BCUT2D eigenvalue weighted by Gasteiger charge is 2.32. The number of carbonyl (C=O) groups is 2. The summed E-state index contributed by atoms with van der Waals surface area (Å²) in [5, 5.41) is 7.48. The van der Waals surface area contributed by atoms with Crippen molar-refractivity contribution in [3.63, 3.8) is 0 Å². The van der Waals surface area contributed by atoms with Gasteiger partial charge in [-0.3, -0.25) is 9.36 Å². The van der Waals surface area contributed by atoms with Crippen LogP contribution in [0.1, 0.15) is 80.0 Å². The third-order valence-electron chi connectivity index (χ3n) is 7.41. The Hall–Kier alpha value is -4.18. The smallest absolute Gasteiger partial charge is 0.407 e. The van der Waals surface area contributed by atoms with E-state index in [2.05, 4.69) is 10.4 Å². The van der Waals surface area contributed by atoms with Gasteiger partial charge in [-0.1, -0.05) is 61.8 Å². The number of nitrogens with zero attached hydrogens (tertiary/aromatic N) is 4. The molecule has 2 aromatic carbocycles. The summed E-state index contributed by atoms with van der Waals surface area (Å²) in [4.78, 5) is 42.2. The second-order valence-corrected chi connectivity index (χ2v) is 12.9. The van der Waals surface area contributed by atoms with Gasteiger partial charge < -0.3 is 15.0 Å². The van der Waals surface area contributed by atoms with Crippen molar-refractivity contribution in [2.75, 3.05) is 13.1 Å². The summed E-state index contributed by atoms with van der Waals surface area (Å²) in [7, 11) is 0. The third-order valence-corrected chi connectivity index (χ3v) is 7.87. The molecule has 0 radical (unpaired) electrons. The fourth-order valence-corrected chi connectivity index (χ4v) is 5.46. The Morgan fingerprint density at radius 2 is 1.78 bits per heavy atom. The van der Waals surface area contributed by atoms with Crippen molar-refractivity contribution in [3.05, 3.63) is 104 Å². The number of hydrogen-bond donors (Lipinski definition) is 1. The average molecular weight is 638 g/mol. The molecule has 1 unspecified atom stereocenters. The van der Waals surface area contributed by atoms with E-state index in [1.807, 2.05) is 50.2 Å². The molecule has 2 aromatic heterocycles. The van der Waals surface area contributed by atoms with Gasteiger partial charge >= 0.3 is 11.8 Å². The average Bonchev–Trinajstić information content (AvgIpc) is 3.25. The molecule has 4 rings (SSSR count). The zero-order valence-electron chi connectivity index (χ0n) is 26.9. The SMILES string of the molecule is Cc1ccc(C(=O)N(CCCNC(=O)OC(C)(C)C)C(c2cc3c(Cl)c(C)nn3c(=O)n2Cc2ccccc2)C(C)C)cc1F. The van der Waals surface area contributed by atoms with Crippen molar-refractivity contribution in [3.8, 4) is 0 Å². The lowest BCUT2D eigenvalue weighted by Crippen LogP contribution is -2.43. The van der Waals surface area contributed by atoms with Crippen LogP contribution < -0.4 is 11.0 Å². The fourth-order valence-electron chi connectivity index (χ4n) is 5.28. The van der Waals surface area contributed by atoms with Crippen LogP contribution in [0.15, 0.2) is 59.4 Å². The van der Waals surface area contributed by atoms with Crippen LogP contribution in [0.5, 0.6) is 0 Å². The number of fused-ring (bicyclic) bond motifs is 1. The topological polar surface area (TPSA) is 97.9 Å². The minimum absolute atomic E-state index is 0.181. The van der Waals surface area contributed by atoms with Crippen LogP contribution in [-0.4, -0.2) is 49.8 Å². The number of amides is 2. The van der Waals surface area contributed by atoms with E-state index in [9.17, 15) is 18.8 Å². The van der Waals surface area contributed by atoms with Gasteiger partial charge in [0, 0.05) is 24.3 Å². The van der Waals surface area contributed by atoms with E-state index in [-0.39, 0.29) is 31.1 Å². The molecular weight excluding hydrogens is 597 g/mol. The summed E-state index contributed by atoms with van der Waals surface area (Å²) in [6, 6.07) is 15.1. The van der Waals surface area contributed by atoms with E-state index in [0.717, 1.165) is 5.56 Å². The molecule has 0 bridgehead atoms. The summed E-state index contributed by atoms with van der Waals surface area (Å²) < 4.78 is 22.9. The van der Waals surface area contributed by atoms with E-state index < -0.39 is 35.2 Å². The second kappa shape index (κ2) is 13.9. The third kappa shape index (κ3) is 7.92. The number of aryl methyl sites for hydroxylation is 2. The van der Waals surface area contributed by atoms with E-state index in [0.29, 0.717) is 33.9 Å². The monoisotopic (exact) mass is 637 g/mol. The zero-order chi connectivity index (χ0) is 33.1. The van der Waals surface area contributed by atoms with Crippen LogP contribution in [-0.2, 0) is 11.3 Å². The Labute approximate surface area is 267 Å². The van der Waals surface area contributed by atoms with E-state index >= 15 is 0 Å². The second-order valence-electron chi connectivity index (χ2n) is 12.6. The van der Waals surface area contributed by atoms with Crippen molar-refractivity contribution < 1.29 is 18.7 Å². The first-order valence-corrected chi connectivity index (χ1v) is 15.4. The molecule has 0 fully saturated rings. The molecule has 4 aromatic rings. The molecule has 0 aliphatic heterocycles. The molecule has 1 atom stereocenters.